The maximum atomic E-state index is 13.0. The van der Waals surface area contributed by atoms with Crippen LogP contribution in [-0.2, 0) is 9.59 Å². The number of nitrogens with zero attached hydrogens (tertiary/aromatic N) is 1. The third-order valence-electron chi connectivity index (χ3n) is 6.29. The Kier molecular flexibility index (Phi) is 2.60. The van der Waals surface area contributed by atoms with Crippen LogP contribution in [0.2, 0.25) is 0 Å². The highest BCUT2D eigenvalue weighted by molar-refractivity contribution is 6.08. The molecule has 3 nitrogen and oxygen atoms in total. The summed E-state index contributed by atoms with van der Waals surface area (Å²) in [7, 11) is 0. The minimum Gasteiger partial charge on any atom is -0.275 e. The molecule has 0 N–H and O–H groups in total. The zero-order valence-corrected chi connectivity index (χ0v) is 12.6. The van der Waals surface area contributed by atoms with Gasteiger partial charge in [0.25, 0.3) is 0 Å². The summed E-state index contributed by atoms with van der Waals surface area (Å²) in [6.45, 7) is 4.01. The molecule has 4 rings (SSSR count). The van der Waals surface area contributed by atoms with Crippen molar-refractivity contribution in [1.29, 1.82) is 0 Å². The molecule has 3 fully saturated rings. The van der Waals surface area contributed by atoms with Gasteiger partial charge in [-0.2, -0.15) is 0 Å². The first-order chi connectivity index (χ1) is 10.0. The molecule has 2 aliphatic carbocycles. The molecule has 110 valence electrons. The summed E-state index contributed by atoms with van der Waals surface area (Å²) >= 11 is 0. The van der Waals surface area contributed by atoms with Crippen molar-refractivity contribution < 1.29 is 9.59 Å². The molecule has 1 saturated heterocycles. The number of amides is 2. The highest BCUT2D eigenvalue weighted by atomic mass is 16.2. The molecule has 0 radical (unpaired) electrons. The van der Waals surface area contributed by atoms with Crippen LogP contribution in [0.15, 0.2) is 30.3 Å². The van der Waals surface area contributed by atoms with Crippen LogP contribution < -0.4 is 0 Å². The average molecular weight is 283 g/mol. The topological polar surface area (TPSA) is 37.4 Å². The summed E-state index contributed by atoms with van der Waals surface area (Å²) in [6, 6.07) is 9.71. The molecule has 5 atom stereocenters. The molecule has 2 bridgehead atoms. The zero-order chi connectivity index (χ0) is 14.8. The van der Waals surface area contributed by atoms with Gasteiger partial charge in [0.05, 0.1) is 17.4 Å². The second-order valence-electron chi connectivity index (χ2n) is 7.13. The number of benzene rings is 1. The Morgan fingerprint density at radius 1 is 1.19 bits per heavy atom. The molecule has 3 heteroatoms. The largest absolute Gasteiger partial charge is 0.275 e. The van der Waals surface area contributed by atoms with Crippen molar-refractivity contribution in [3.05, 3.63) is 35.9 Å². The number of likely N-dealkylation sites (tertiary alicyclic amines) is 1. The number of rotatable bonds is 2. The summed E-state index contributed by atoms with van der Waals surface area (Å²) in [5, 5.41) is 0. The quantitative estimate of drug-likeness (QED) is 0.782. The molecule has 21 heavy (non-hydrogen) atoms. The van der Waals surface area contributed by atoms with Crippen molar-refractivity contribution in [2.75, 3.05) is 0 Å². The first kappa shape index (κ1) is 13.1. The van der Waals surface area contributed by atoms with Crippen LogP contribution in [0.4, 0.5) is 0 Å². The third-order valence-corrected chi connectivity index (χ3v) is 6.29. The fourth-order valence-electron chi connectivity index (χ4n) is 5.13. The number of carbonyl (C=O) groups excluding carboxylic acids is 2. The van der Waals surface area contributed by atoms with E-state index in [1.54, 1.807) is 4.90 Å². The highest BCUT2D eigenvalue weighted by Crippen LogP contribution is 2.64. The van der Waals surface area contributed by atoms with Crippen LogP contribution in [0, 0.1) is 23.2 Å². The lowest BCUT2D eigenvalue weighted by molar-refractivity contribution is -0.144. The second kappa shape index (κ2) is 4.19. The van der Waals surface area contributed by atoms with Crippen LogP contribution in [0.5, 0.6) is 0 Å². The van der Waals surface area contributed by atoms with Gasteiger partial charge in [-0.1, -0.05) is 30.3 Å². The molecule has 1 heterocycles. The van der Waals surface area contributed by atoms with Crippen LogP contribution in [0.3, 0.4) is 0 Å². The van der Waals surface area contributed by atoms with E-state index >= 15 is 0 Å². The zero-order valence-electron chi connectivity index (χ0n) is 12.6. The van der Waals surface area contributed by atoms with E-state index in [0.717, 1.165) is 24.8 Å². The van der Waals surface area contributed by atoms with Crippen molar-refractivity contribution in [3.8, 4) is 0 Å². The Morgan fingerprint density at radius 3 is 2.57 bits per heavy atom. The van der Waals surface area contributed by atoms with Crippen molar-refractivity contribution >= 4 is 11.8 Å². The smallest absolute Gasteiger partial charge is 0.236 e. The lowest BCUT2D eigenvalue weighted by Gasteiger charge is -2.31. The van der Waals surface area contributed by atoms with Crippen molar-refractivity contribution in [3.63, 3.8) is 0 Å². The van der Waals surface area contributed by atoms with Crippen molar-refractivity contribution in [1.82, 2.24) is 4.90 Å². The summed E-state index contributed by atoms with van der Waals surface area (Å²) < 4.78 is 0. The first-order valence-electron chi connectivity index (χ1n) is 7.97. The lowest BCUT2D eigenvalue weighted by atomic mass is 9.69. The van der Waals surface area contributed by atoms with Crippen molar-refractivity contribution in [2.24, 2.45) is 23.2 Å². The maximum absolute atomic E-state index is 13.0. The van der Waals surface area contributed by atoms with Gasteiger partial charge in [-0.3, -0.25) is 14.5 Å². The van der Waals surface area contributed by atoms with Crippen LogP contribution in [-0.4, -0.2) is 16.7 Å². The van der Waals surface area contributed by atoms with Gasteiger partial charge in [0.1, 0.15) is 0 Å². The van der Waals surface area contributed by atoms with Crippen LogP contribution in [0.1, 0.15) is 44.7 Å². The second-order valence-corrected chi connectivity index (χ2v) is 7.13. The van der Waals surface area contributed by atoms with E-state index < -0.39 is 5.41 Å². The SMILES string of the molecule is C[C@@H](c1ccccc1)N1C(=O)[C@@H]2[C@H]3CC[C@H](C3)[C@]2(C)C1=O. The molecule has 0 aromatic heterocycles. The van der Waals surface area contributed by atoms with Gasteiger partial charge in [-0.25, -0.2) is 0 Å². The molecule has 2 amide bonds. The minimum absolute atomic E-state index is 0.0603. The van der Waals surface area contributed by atoms with Crippen LogP contribution >= 0.6 is 0 Å². The summed E-state index contributed by atoms with van der Waals surface area (Å²) in [6.07, 6.45) is 3.31. The van der Waals surface area contributed by atoms with E-state index in [4.69, 9.17) is 0 Å². The number of carbonyl (C=O) groups is 2. The molecule has 0 spiro atoms. The van der Waals surface area contributed by atoms with Gasteiger partial charge >= 0.3 is 0 Å². The first-order valence-corrected chi connectivity index (χ1v) is 7.97. The fraction of sp³-hybridized carbons (Fsp3) is 0.556. The maximum Gasteiger partial charge on any atom is 0.236 e. The Morgan fingerprint density at radius 2 is 1.90 bits per heavy atom. The predicted octanol–water partition coefficient (Wildman–Crippen LogP) is 3.17. The number of hydrogen-bond acceptors (Lipinski definition) is 2. The Hall–Kier alpha value is -1.64. The van der Waals surface area contributed by atoms with E-state index in [1.807, 2.05) is 44.2 Å². The van der Waals surface area contributed by atoms with E-state index in [0.29, 0.717) is 11.8 Å². The molecule has 1 aromatic carbocycles. The summed E-state index contributed by atoms with van der Waals surface area (Å²) in [4.78, 5) is 27.5. The Bertz CT molecular complexity index is 611. The van der Waals surface area contributed by atoms with Gasteiger partial charge in [-0.05, 0) is 50.5 Å². The van der Waals surface area contributed by atoms with E-state index in [2.05, 4.69) is 0 Å². The molecule has 1 aromatic rings. The van der Waals surface area contributed by atoms with E-state index in [9.17, 15) is 9.59 Å². The molecule has 2 saturated carbocycles. The van der Waals surface area contributed by atoms with Gasteiger partial charge in [-0.15, -0.1) is 0 Å². The average Bonchev–Trinajstić information content (AvgIpc) is 3.12. The minimum atomic E-state index is -0.428. The van der Waals surface area contributed by atoms with E-state index in [1.165, 1.54) is 0 Å². The summed E-state index contributed by atoms with van der Waals surface area (Å²) in [5.74, 6) is 0.934. The number of hydrogen-bond donors (Lipinski definition) is 0. The van der Waals surface area contributed by atoms with Crippen molar-refractivity contribution in [2.45, 2.75) is 39.2 Å². The fourth-order valence-corrected chi connectivity index (χ4v) is 5.13. The highest BCUT2D eigenvalue weighted by Gasteiger charge is 2.68. The van der Waals surface area contributed by atoms with Gasteiger partial charge in [0, 0.05) is 0 Å². The molecule has 1 aliphatic heterocycles. The predicted molar refractivity (Wildman–Crippen MR) is 79.1 cm³/mol. The molecule has 0 unspecified atom stereocenters. The molecular formula is C18H21NO2. The summed E-state index contributed by atoms with van der Waals surface area (Å²) in [5.41, 5.74) is 0.610. The lowest BCUT2D eigenvalue weighted by Crippen LogP contribution is -2.39. The standard InChI is InChI=1S/C18H21NO2/c1-11(12-6-4-3-5-7-12)19-16(20)15-13-8-9-14(10-13)18(15,2)17(19)21/h3-7,11,13-15H,8-10H2,1-2H3/t11-,13-,14+,15-,18-/m0/s1. The van der Waals surface area contributed by atoms with E-state index in [-0.39, 0.29) is 23.8 Å². The normalized spacial score (nSPS) is 39.0. The van der Waals surface area contributed by atoms with Gasteiger partial charge in [0.15, 0.2) is 0 Å². The van der Waals surface area contributed by atoms with Crippen LogP contribution in [0.25, 0.3) is 0 Å². The Labute approximate surface area is 125 Å². The number of fused-ring (bicyclic) bond motifs is 5. The molecular weight excluding hydrogens is 262 g/mol. The number of imide groups is 1. The Balaban J connectivity index is 1.72. The third kappa shape index (κ3) is 1.49. The van der Waals surface area contributed by atoms with Gasteiger partial charge in [0.2, 0.25) is 11.8 Å². The monoisotopic (exact) mass is 283 g/mol. The molecule has 3 aliphatic rings. The van der Waals surface area contributed by atoms with Gasteiger partial charge < -0.3 is 0 Å².